The quantitative estimate of drug-likeness (QED) is 0.876. The summed E-state index contributed by atoms with van der Waals surface area (Å²) in [5.41, 5.74) is 0.466. The van der Waals surface area contributed by atoms with Gasteiger partial charge in [0.2, 0.25) is 5.91 Å². The minimum Gasteiger partial charge on any atom is -0.481 e. The topological polar surface area (TPSA) is 57.6 Å². The molecule has 0 bridgehead atoms. The Labute approximate surface area is 133 Å². The molecule has 1 aromatic carbocycles. The van der Waals surface area contributed by atoms with E-state index in [1.54, 1.807) is 0 Å². The standard InChI is InChI=1S/C17H19F2NO3/c18-13-5-4-10(8-14(13)19)9-20(7-6-15(21)22)17(23)16-11-2-1-3-12(11)16/h4-5,8,11-12,16H,1-3,6-7,9H2,(H,21,22)/t11-,12-/m0/s1. The van der Waals surface area contributed by atoms with Crippen molar-refractivity contribution in [2.45, 2.75) is 32.2 Å². The van der Waals surface area contributed by atoms with Crippen molar-refractivity contribution in [3.05, 3.63) is 35.4 Å². The SMILES string of the molecule is O=C(O)CCN(Cc1ccc(F)c(F)c1)C(=O)C1[C@H]2CCC[C@H]12. The molecule has 2 atom stereocenters. The van der Waals surface area contributed by atoms with E-state index in [-0.39, 0.29) is 31.3 Å². The molecule has 1 N–H and O–H groups in total. The van der Waals surface area contributed by atoms with Crippen molar-refractivity contribution in [2.24, 2.45) is 17.8 Å². The fourth-order valence-electron chi connectivity index (χ4n) is 3.75. The number of carbonyl (C=O) groups is 2. The number of aliphatic carboxylic acids is 1. The van der Waals surface area contributed by atoms with Crippen molar-refractivity contribution in [3.63, 3.8) is 0 Å². The van der Waals surface area contributed by atoms with Crippen LogP contribution in [0.25, 0.3) is 0 Å². The first-order valence-corrected chi connectivity index (χ1v) is 7.92. The largest absolute Gasteiger partial charge is 0.481 e. The van der Waals surface area contributed by atoms with Crippen molar-refractivity contribution >= 4 is 11.9 Å². The van der Waals surface area contributed by atoms with Gasteiger partial charge < -0.3 is 10.0 Å². The average Bonchev–Trinajstić information content (AvgIpc) is 2.98. The highest BCUT2D eigenvalue weighted by Gasteiger charge is 2.57. The fourth-order valence-corrected chi connectivity index (χ4v) is 3.75. The van der Waals surface area contributed by atoms with Crippen LogP contribution in [-0.4, -0.2) is 28.4 Å². The predicted octanol–water partition coefficient (Wildman–Crippen LogP) is 2.81. The summed E-state index contributed by atoms with van der Waals surface area (Å²) in [6, 6.07) is 3.51. The van der Waals surface area contributed by atoms with Gasteiger partial charge in [-0.25, -0.2) is 8.78 Å². The van der Waals surface area contributed by atoms with Crippen LogP contribution in [0, 0.1) is 29.4 Å². The summed E-state index contributed by atoms with van der Waals surface area (Å²) >= 11 is 0. The van der Waals surface area contributed by atoms with Crippen LogP contribution in [0.4, 0.5) is 8.78 Å². The third-order valence-corrected chi connectivity index (χ3v) is 4.96. The summed E-state index contributed by atoms with van der Waals surface area (Å²) in [5, 5.41) is 8.86. The fraction of sp³-hybridized carbons (Fsp3) is 0.529. The van der Waals surface area contributed by atoms with E-state index in [2.05, 4.69) is 0 Å². The normalized spacial score (nSPS) is 25.0. The molecule has 0 saturated heterocycles. The van der Waals surface area contributed by atoms with Gasteiger partial charge in [-0.2, -0.15) is 0 Å². The summed E-state index contributed by atoms with van der Waals surface area (Å²) in [4.78, 5) is 24.9. The molecule has 1 aromatic rings. The maximum atomic E-state index is 13.3. The molecule has 4 nitrogen and oxygen atoms in total. The van der Waals surface area contributed by atoms with E-state index in [4.69, 9.17) is 5.11 Å². The highest BCUT2D eigenvalue weighted by molar-refractivity contribution is 5.83. The monoisotopic (exact) mass is 323 g/mol. The van der Waals surface area contributed by atoms with E-state index < -0.39 is 17.6 Å². The first-order valence-electron chi connectivity index (χ1n) is 7.92. The number of benzene rings is 1. The number of amides is 1. The molecule has 2 aliphatic carbocycles. The van der Waals surface area contributed by atoms with Crippen LogP contribution in [0.15, 0.2) is 18.2 Å². The van der Waals surface area contributed by atoms with Crippen LogP contribution in [0.2, 0.25) is 0 Å². The average molecular weight is 323 g/mol. The summed E-state index contributed by atoms with van der Waals surface area (Å²) in [6.45, 7) is 0.197. The van der Waals surface area contributed by atoms with Crippen molar-refractivity contribution in [3.8, 4) is 0 Å². The van der Waals surface area contributed by atoms with E-state index in [0.29, 0.717) is 17.4 Å². The Kier molecular flexibility index (Phi) is 4.33. The number of halogens is 2. The molecule has 23 heavy (non-hydrogen) atoms. The third-order valence-electron chi connectivity index (χ3n) is 4.96. The molecule has 1 amide bonds. The lowest BCUT2D eigenvalue weighted by Crippen LogP contribution is -2.34. The summed E-state index contributed by atoms with van der Waals surface area (Å²) in [5.74, 6) is -2.08. The maximum Gasteiger partial charge on any atom is 0.305 e. The third kappa shape index (κ3) is 3.35. The molecule has 3 rings (SSSR count). The second-order valence-electron chi connectivity index (χ2n) is 6.44. The van der Waals surface area contributed by atoms with Crippen molar-refractivity contribution in [1.82, 2.24) is 4.90 Å². The molecule has 0 aromatic heterocycles. The lowest BCUT2D eigenvalue weighted by molar-refractivity contribution is -0.139. The number of nitrogens with zero attached hydrogens (tertiary/aromatic N) is 1. The zero-order valence-electron chi connectivity index (χ0n) is 12.7. The van der Waals surface area contributed by atoms with E-state index in [1.165, 1.54) is 11.0 Å². The van der Waals surface area contributed by atoms with Crippen LogP contribution in [0.1, 0.15) is 31.2 Å². The Hall–Kier alpha value is -1.98. The minimum atomic E-state index is -0.982. The summed E-state index contributed by atoms with van der Waals surface area (Å²) in [7, 11) is 0. The van der Waals surface area contributed by atoms with Crippen molar-refractivity contribution in [2.75, 3.05) is 6.54 Å². The molecule has 0 unspecified atom stereocenters. The number of carboxylic acid groups (broad SMARTS) is 1. The van der Waals surface area contributed by atoms with Crippen molar-refractivity contribution in [1.29, 1.82) is 0 Å². The van der Waals surface area contributed by atoms with Gasteiger partial charge in [-0.3, -0.25) is 9.59 Å². The van der Waals surface area contributed by atoms with E-state index in [1.807, 2.05) is 0 Å². The zero-order valence-corrected chi connectivity index (χ0v) is 12.7. The van der Waals surface area contributed by atoms with Gasteiger partial charge in [0.1, 0.15) is 0 Å². The molecule has 2 aliphatic rings. The molecule has 2 saturated carbocycles. The smallest absolute Gasteiger partial charge is 0.305 e. The molecule has 124 valence electrons. The Morgan fingerprint density at radius 2 is 1.87 bits per heavy atom. The van der Waals surface area contributed by atoms with Crippen LogP contribution in [0.5, 0.6) is 0 Å². The molecule has 0 radical (unpaired) electrons. The van der Waals surface area contributed by atoms with Crippen LogP contribution >= 0.6 is 0 Å². The number of carboxylic acids is 1. The minimum absolute atomic E-state index is 0.0113. The number of hydrogen-bond acceptors (Lipinski definition) is 2. The zero-order chi connectivity index (χ0) is 16.6. The first kappa shape index (κ1) is 15.9. The van der Waals surface area contributed by atoms with Gasteiger partial charge in [0.15, 0.2) is 11.6 Å². The molecule has 0 aliphatic heterocycles. The predicted molar refractivity (Wildman–Crippen MR) is 78.3 cm³/mol. The van der Waals surface area contributed by atoms with Crippen LogP contribution in [-0.2, 0) is 16.1 Å². The second-order valence-corrected chi connectivity index (χ2v) is 6.44. The number of carbonyl (C=O) groups excluding carboxylic acids is 1. The van der Waals surface area contributed by atoms with Gasteiger partial charge in [0.05, 0.1) is 6.42 Å². The number of rotatable bonds is 6. The molecule has 0 spiro atoms. The van der Waals surface area contributed by atoms with E-state index in [0.717, 1.165) is 31.4 Å². The summed E-state index contributed by atoms with van der Waals surface area (Å²) < 4.78 is 26.3. The number of fused-ring (bicyclic) bond motifs is 1. The van der Waals surface area contributed by atoms with Crippen molar-refractivity contribution < 1.29 is 23.5 Å². The molecular weight excluding hydrogens is 304 g/mol. The van der Waals surface area contributed by atoms with Gasteiger partial charge >= 0.3 is 5.97 Å². The number of hydrogen-bond donors (Lipinski definition) is 1. The Bertz CT molecular complexity index is 624. The maximum absolute atomic E-state index is 13.3. The lowest BCUT2D eigenvalue weighted by atomic mass is 10.1. The lowest BCUT2D eigenvalue weighted by Gasteiger charge is -2.23. The van der Waals surface area contributed by atoms with Gasteiger partial charge in [-0.15, -0.1) is 0 Å². The van der Waals surface area contributed by atoms with E-state index in [9.17, 15) is 18.4 Å². The highest BCUT2D eigenvalue weighted by atomic mass is 19.2. The second kappa shape index (κ2) is 6.26. The van der Waals surface area contributed by atoms with Crippen LogP contribution in [0.3, 0.4) is 0 Å². The molecular formula is C17H19F2NO3. The van der Waals surface area contributed by atoms with E-state index >= 15 is 0 Å². The Morgan fingerprint density at radius 1 is 1.17 bits per heavy atom. The Morgan fingerprint density at radius 3 is 2.48 bits per heavy atom. The molecule has 6 heteroatoms. The van der Waals surface area contributed by atoms with Gasteiger partial charge in [-0.1, -0.05) is 12.5 Å². The highest BCUT2D eigenvalue weighted by Crippen LogP contribution is 2.58. The molecule has 0 heterocycles. The first-order chi connectivity index (χ1) is 11.0. The van der Waals surface area contributed by atoms with Gasteiger partial charge in [0, 0.05) is 19.0 Å². The van der Waals surface area contributed by atoms with Crippen LogP contribution < -0.4 is 0 Å². The van der Waals surface area contributed by atoms with Gasteiger partial charge in [-0.05, 0) is 42.4 Å². The Balaban J connectivity index is 1.71. The van der Waals surface area contributed by atoms with Gasteiger partial charge in [0.25, 0.3) is 0 Å². The molecule has 2 fully saturated rings. The summed E-state index contributed by atoms with van der Waals surface area (Å²) in [6.07, 6.45) is 3.10.